The van der Waals surface area contributed by atoms with Gasteiger partial charge in [-0.05, 0) is 23.8 Å². The summed E-state index contributed by atoms with van der Waals surface area (Å²) in [5.41, 5.74) is 3.86. The Kier molecular flexibility index (Phi) is 5.28. The molecule has 1 N–H and O–H groups in total. The molecular weight excluding hydrogens is 390 g/mol. The number of amides is 1. The quantitative estimate of drug-likeness (QED) is 0.529. The summed E-state index contributed by atoms with van der Waals surface area (Å²) in [5.74, 6) is -0.148. The van der Waals surface area contributed by atoms with Gasteiger partial charge in [-0.15, -0.1) is 0 Å². The van der Waals surface area contributed by atoms with Crippen molar-refractivity contribution in [2.45, 2.75) is 13.1 Å². The summed E-state index contributed by atoms with van der Waals surface area (Å²) in [6, 6.07) is 11.5. The van der Waals surface area contributed by atoms with E-state index in [-0.39, 0.29) is 5.91 Å². The first kappa shape index (κ1) is 19.1. The molecule has 0 aliphatic rings. The standard InChI is InChI=1S/C20H20ClN7O/c1-26(2)20(29)19-17(27-11-15(21)7-8-18(27)25-19)10-22-9-14-5-3-4-6-16(14)28-13-23-12-24-28/h3-8,11-13,22H,9-10H2,1-2H3. The van der Waals surface area contributed by atoms with Crippen LogP contribution >= 0.6 is 11.6 Å². The first-order valence-corrected chi connectivity index (χ1v) is 9.44. The molecule has 0 saturated carbocycles. The summed E-state index contributed by atoms with van der Waals surface area (Å²) in [7, 11) is 3.43. The molecule has 4 aromatic rings. The Morgan fingerprint density at radius 1 is 1.17 bits per heavy atom. The zero-order valence-corrected chi connectivity index (χ0v) is 16.8. The molecule has 9 heteroatoms. The minimum atomic E-state index is -0.148. The van der Waals surface area contributed by atoms with E-state index >= 15 is 0 Å². The van der Waals surface area contributed by atoms with Gasteiger partial charge in [0.15, 0.2) is 5.69 Å². The lowest BCUT2D eigenvalue weighted by Gasteiger charge is -2.12. The van der Waals surface area contributed by atoms with E-state index in [9.17, 15) is 4.79 Å². The number of fused-ring (bicyclic) bond motifs is 1. The highest BCUT2D eigenvalue weighted by molar-refractivity contribution is 6.30. The van der Waals surface area contributed by atoms with Gasteiger partial charge in [0.25, 0.3) is 5.91 Å². The Hall–Kier alpha value is -3.23. The Morgan fingerprint density at radius 2 is 2.00 bits per heavy atom. The molecule has 4 rings (SSSR count). The second-order valence-electron chi connectivity index (χ2n) is 6.75. The fourth-order valence-corrected chi connectivity index (χ4v) is 3.31. The summed E-state index contributed by atoms with van der Waals surface area (Å²) in [6.45, 7) is 1.03. The second-order valence-corrected chi connectivity index (χ2v) is 7.19. The van der Waals surface area contributed by atoms with Crippen molar-refractivity contribution in [1.82, 2.24) is 34.4 Å². The molecule has 0 spiro atoms. The molecule has 0 fully saturated rings. The average Bonchev–Trinajstić information content (AvgIpc) is 3.36. The maximum absolute atomic E-state index is 12.6. The number of nitrogens with one attached hydrogen (secondary N) is 1. The van der Waals surface area contributed by atoms with E-state index in [1.165, 1.54) is 11.2 Å². The van der Waals surface area contributed by atoms with Crippen LogP contribution < -0.4 is 5.32 Å². The Morgan fingerprint density at radius 3 is 2.76 bits per heavy atom. The van der Waals surface area contributed by atoms with E-state index in [1.807, 2.05) is 28.7 Å². The van der Waals surface area contributed by atoms with Crippen molar-refractivity contribution >= 4 is 23.2 Å². The molecule has 0 bridgehead atoms. The van der Waals surface area contributed by atoms with Crippen molar-refractivity contribution in [3.8, 4) is 5.69 Å². The SMILES string of the molecule is CN(C)C(=O)c1nc2ccc(Cl)cn2c1CNCc1ccccc1-n1cncn1. The lowest BCUT2D eigenvalue weighted by molar-refractivity contribution is 0.0821. The Bertz CT molecular complexity index is 1150. The minimum absolute atomic E-state index is 0.148. The van der Waals surface area contributed by atoms with Crippen molar-refractivity contribution in [2.24, 2.45) is 0 Å². The van der Waals surface area contributed by atoms with E-state index < -0.39 is 0 Å². The molecule has 148 valence electrons. The van der Waals surface area contributed by atoms with Crippen molar-refractivity contribution in [3.63, 3.8) is 0 Å². The number of imidazole rings is 1. The van der Waals surface area contributed by atoms with Gasteiger partial charge in [-0.2, -0.15) is 5.10 Å². The summed E-state index contributed by atoms with van der Waals surface area (Å²) in [4.78, 5) is 22.7. The van der Waals surface area contributed by atoms with E-state index in [0.29, 0.717) is 29.5 Å². The number of halogens is 1. The fraction of sp³-hybridized carbons (Fsp3) is 0.200. The maximum atomic E-state index is 12.6. The second kappa shape index (κ2) is 8.02. The molecule has 0 radical (unpaired) electrons. The first-order chi connectivity index (χ1) is 14.0. The summed E-state index contributed by atoms with van der Waals surface area (Å²) in [5, 5.41) is 8.21. The van der Waals surface area contributed by atoms with Gasteiger partial charge in [-0.25, -0.2) is 14.6 Å². The highest BCUT2D eigenvalue weighted by Crippen LogP contribution is 2.19. The van der Waals surface area contributed by atoms with Crippen molar-refractivity contribution in [1.29, 1.82) is 0 Å². The van der Waals surface area contributed by atoms with Crippen LogP contribution in [-0.2, 0) is 13.1 Å². The van der Waals surface area contributed by atoms with Gasteiger partial charge >= 0.3 is 0 Å². The zero-order valence-electron chi connectivity index (χ0n) is 16.1. The summed E-state index contributed by atoms with van der Waals surface area (Å²) in [6.07, 6.45) is 4.95. The highest BCUT2D eigenvalue weighted by Gasteiger charge is 2.20. The molecule has 0 unspecified atom stereocenters. The number of hydrogen-bond donors (Lipinski definition) is 1. The van der Waals surface area contributed by atoms with Crippen LogP contribution in [0.1, 0.15) is 21.7 Å². The molecule has 1 amide bonds. The van der Waals surface area contributed by atoms with Crippen LogP contribution in [0.3, 0.4) is 0 Å². The van der Waals surface area contributed by atoms with Crippen LogP contribution in [-0.4, -0.2) is 49.1 Å². The van der Waals surface area contributed by atoms with Gasteiger partial charge in [-0.3, -0.25) is 4.79 Å². The number of nitrogens with zero attached hydrogens (tertiary/aromatic N) is 6. The maximum Gasteiger partial charge on any atom is 0.273 e. The third kappa shape index (κ3) is 3.85. The van der Waals surface area contributed by atoms with Gasteiger partial charge in [0.05, 0.1) is 16.4 Å². The van der Waals surface area contributed by atoms with Gasteiger partial charge in [-0.1, -0.05) is 29.8 Å². The van der Waals surface area contributed by atoms with Crippen LogP contribution in [0.25, 0.3) is 11.3 Å². The number of carbonyl (C=O) groups excluding carboxylic acids is 1. The van der Waals surface area contributed by atoms with E-state index in [4.69, 9.17) is 11.6 Å². The van der Waals surface area contributed by atoms with E-state index in [1.54, 1.807) is 43.4 Å². The zero-order chi connectivity index (χ0) is 20.4. The molecule has 0 aliphatic heterocycles. The van der Waals surface area contributed by atoms with E-state index in [2.05, 4.69) is 20.4 Å². The lowest BCUT2D eigenvalue weighted by atomic mass is 10.1. The molecule has 0 aliphatic carbocycles. The third-order valence-electron chi connectivity index (χ3n) is 4.56. The van der Waals surface area contributed by atoms with Crippen LogP contribution in [0.15, 0.2) is 55.2 Å². The average molecular weight is 410 g/mol. The normalized spacial score (nSPS) is 11.1. The number of benzene rings is 1. The minimum Gasteiger partial charge on any atom is -0.343 e. The van der Waals surface area contributed by atoms with Crippen LogP contribution in [0.2, 0.25) is 5.02 Å². The molecule has 1 aromatic carbocycles. The smallest absolute Gasteiger partial charge is 0.273 e. The van der Waals surface area contributed by atoms with Gasteiger partial charge in [0, 0.05) is 33.4 Å². The molecular formula is C20H20ClN7O. The predicted octanol–water partition coefficient (Wildman–Crippen LogP) is 2.56. The van der Waals surface area contributed by atoms with Gasteiger partial charge in [0.2, 0.25) is 0 Å². The monoisotopic (exact) mass is 409 g/mol. The largest absolute Gasteiger partial charge is 0.343 e. The third-order valence-corrected chi connectivity index (χ3v) is 4.78. The number of hydrogen-bond acceptors (Lipinski definition) is 5. The van der Waals surface area contributed by atoms with Crippen LogP contribution in [0.5, 0.6) is 0 Å². The number of aromatic nitrogens is 5. The lowest BCUT2D eigenvalue weighted by Crippen LogP contribution is -2.25. The van der Waals surface area contributed by atoms with Crippen LogP contribution in [0, 0.1) is 0 Å². The van der Waals surface area contributed by atoms with Crippen molar-refractivity contribution in [2.75, 3.05) is 14.1 Å². The Balaban J connectivity index is 1.61. The van der Waals surface area contributed by atoms with Gasteiger partial charge in [0.1, 0.15) is 18.3 Å². The molecule has 3 heterocycles. The number of rotatable bonds is 6. The number of para-hydroxylation sites is 1. The summed E-state index contributed by atoms with van der Waals surface area (Å²) >= 11 is 6.17. The fourth-order valence-electron chi connectivity index (χ4n) is 3.15. The summed E-state index contributed by atoms with van der Waals surface area (Å²) < 4.78 is 3.58. The topological polar surface area (TPSA) is 80.4 Å². The molecule has 3 aromatic heterocycles. The molecule has 0 saturated heterocycles. The van der Waals surface area contributed by atoms with E-state index in [0.717, 1.165) is 16.9 Å². The first-order valence-electron chi connectivity index (χ1n) is 9.06. The van der Waals surface area contributed by atoms with Crippen molar-refractivity contribution in [3.05, 3.63) is 77.2 Å². The predicted molar refractivity (Wildman–Crippen MR) is 110 cm³/mol. The van der Waals surface area contributed by atoms with Crippen molar-refractivity contribution < 1.29 is 4.79 Å². The van der Waals surface area contributed by atoms with Gasteiger partial charge < -0.3 is 14.6 Å². The van der Waals surface area contributed by atoms with Crippen LogP contribution in [0.4, 0.5) is 0 Å². The molecule has 8 nitrogen and oxygen atoms in total. The highest BCUT2D eigenvalue weighted by atomic mass is 35.5. The Labute approximate surface area is 172 Å². The number of carbonyl (C=O) groups is 1. The number of pyridine rings is 1. The molecule has 0 atom stereocenters. The molecule has 29 heavy (non-hydrogen) atoms.